The Morgan fingerprint density at radius 2 is 1.72 bits per heavy atom. The zero-order valence-electron chi connectivity index (χ0n) is 15.4. The first-order chi connectivity index (χ1) is 13.9. The maximum atomic E-state index is 12.7. The molecule has 0 aliphatic carbocycles. The van der Waals surface area contributed by atoms with E-state index >= 15 is 0 Å². The molecule has 2 N–H and O–H groups in total. The fourth-order valence-electron chi connectivity index (χ4n) is 2.52. The van der Waals surface area contributed by atoms with Crippen LogP contribution in [0.2, 0.25) is 5.02 Å². The van der Waals surface area contributed by atoms with Crippen LogP contribution in [-0.2, 0) is 0 Å². The Labute approximate surface area is 180 Å². The van der Waals surface area contributed by atoms with E-state index in [-0.39, 0.29) is 5.76 Å². The minimum Gasteiger partial charge on any atom is -0.495 e. The van der Waals surface area contributed by atoms with E-state index in [1.165, 1.54) is 26.4 Å². The summed E-state index contributed by atoms with van der Waals surface area (Å²) >= 11 is 9.29. The van der Waals surface area contributed by atoms with Gasteiger partial charge in [-0.25, -0.2) is 0 Å². The monoisotopic (exact) mass is 478 g/mol. The van der Waals surface area contributed by atoms with Crippen LogP contribution in [0.1, 0.15) is 20.9 Å². The lowest BCUT2D eigenvalue weighted by Gasteiger charge is -2.13. The summed E-state index contributed by atoms with van der Waals surface area (Å²) in [5.41, 5.74) is 1.16. The molecule has 0 bridgehead atoms. The van der Waals surface area contributed by atoms with Crippen LogP contribution in [0.5, 0.6) is 11.5 Å². The van der Waals surface area contributed by atoms with E-state index < -0.39 is 11.8 Å². The molecule has 9 heteroatoms. The molecule has 1 aromatic heterocycles. The second-order valence-corrected chi connectivity index (χ2v) is 6.97. The molecule has 3 aromatic rings. The zero-order chi connectivity index (χ0) is 21.0. The molecular weight excluding hydrogens is 464 g/mol. The van der Waals surface area contributed by atoms with E-state index in [0.29, 0.717) is 38.1 Å². The number of ether oxygens (including phenoxy) is 2. The quantitative estimate of drug-likeness (QED) is 0.506. The van der Waals surface area contributed by atoms with Gasteiger partial charge in [-0.05, 0) is 52.3 Å². The highest BCUT2D eigenvalue weighted by molar-refractivity contribution is 9.10. The van der Waals surface area contributed by atoms with Crippen LogP contribution in [0, 0.1) is 0 Å². The Bertz CT molecular complexity index is 1070. The van der Waals surface area contributed by atoms with Gasteiger partial charge in [-0.1, -0.05) is 17.7 Å². The smallest absolute Gasteiger partial charge is 0.291 e. The first kappa shape index (κ1) is 20.8. The largest absolute Gasteiger partial charge is 0.495 e. The Kier molecular flexibility index (Phi) is 6.46. The van der Waals surface area contributed by atoms with Crippen molar-refractivity contribution in [3.05, 3.63) is 69.5 Å². The number of anilines is 2. The van der Waals surface area contributed by atoms with E-state index in [2.05, 4.69) is 26.6 Å². The molecule has 0 aliphatic heterocycles. The Morgan fingerprint density at radius 3 is 2.38 bits per heavy atom. The average molecular weight is 480 g/mol. The van der Waals surface area contributed by atoms with Gasteiger partial charge < -0.3 is 24.5 Å². The topological polar surface area (TPSA) is 89.8 Å². The van der Waals surface area contributed by atoms with Crippen molar-refractivity contribution in [1.29, 1.82) is 0 Å². The van der Waals surface area contributed by atoms with Gasteiger partial charge in [0.2, 0.25) is 0 Å². The number of hydrogen-bond acceptors (Lipinski definition) is 5. The molecule has 7 nitrogen and oxygen atoms in total. The highest BCUT2D eigenvalue weighted by atomic mass is 79.9. The molecule has 29 heavy (non-hydrogen) atoms. The first-order valence-electron chi connectivity index (χ1n) is 8.31. The van der Waals surface area contributed by atoms with Crippen LogP contribution in [-0.4, -0.2) is 26.0 Å². The molecule has 150 valence electrons. The molecule has 0 unspecified atom stereocenters. The van der Waals surface area contributed by atoms with Gasteiger partial charge in [-0.15, -0.1) is 0 Å². The number of halogens is 2. The van der Waals surface area contributed by atoms with Crippen LogP contribution in [0.25, 0.3) is 0 Å². The lowest BCUT2D eigenvalue weighted by atomic mass is 10.1. The number of hydrogen-bond donors (Lipinski definition) is 2. The number of carbonyl (C=O) groups excluding carboxylic acids is 2. The van der Waals surface area contributed by atoms with Gasteiger partial charge in [0.05, 0.1) is 24.9 Å². The first-order valence-corrected chi connectivity index (χ1v) is 9.48. The lowest BCUT2D eigenvalue weighted by Crippen LogP contribution is -2.15. The van der Waals surface area contributed by atoms with Crippen LogP contribution < -0.4 is 20.1 Å². The number of amides is 2. The molecule has 0 spiro atoms. The minimum atomic E-state index is -0.433. The van der Waals surface area contributed by atoms with E-state index in [1.807, 2.05) is 0 Å². The molecule has 0 saturated carbocycles. The van der Waals surface area contributed by atoms with Gasteiger partial charge >= 0.3 is 0 Å². The number of methoxy groups -OCH3 is 2. The maximum absolute atomic E-state index is 12.7. The second kappa shape index (κ2) is 9.02. The van der Waals surface area contributed by atoms with Crippen molar-refractivity contribution in [2.75, 3.05) is 24.9 Å². The Hall–Kier alpha value is -2.97. The van der Waals surface area contributed by atoms with Crippen molar-refractivity contribution in [2.24, 2.45) is 0 Å². The predicted octanol–water partition coefficient (Wildman–Crippen LogP) is 5.22. The molecule has 0 atom stereocenters. The van der Waals surface area contributed by atoms with Crippen molar-refractivity contribution in [1.82, 2.24) is 0 Å². The number of nitrogens with one attached hydrogen (secondary N) is 2. The zero-order valence-corrected chi connectivity index (χ0v) is 17.8. The van der Waals surface area contributed by atoms with Crippen LogP contribution in [0.15, 0.2) is 57.6 Å². The molecule has 0 fully saturated rings. The Morgan fingerprint density at radius 1 is 0.966 bits per heavy atom. The summed E-state index contributed by atoms with van der Waals surface area (Å²) in [6.45, 7) is 0. The summed E-state index contributed by atoms with van der Waals surface area (Å²) in [6, 6.07) is 12.8. The van der Waals surface area contributed by atoms with E-state index in [9.17, 15) is 9.59 Å². The summed E-state index contributed by atoms with van der Waals surface area (Å²) in [4.78, 5) is 24.9. The molecule has 0 aliphatic rings. The number of benzene rings is 2. The van der Waals surface area contributed by atoms with Crippen molar-refractivity contribution < 1.29 is 23.5 Å². The van der Waals surface area contributed by atoms with E-state index in [1.54, 1.807) is 36.4 Å². The van der Waals surface area contributed by atoms with Crippen molar-refractivity contribution in [2.45, 2.75) is 0 Å². The molecular formula is C20H16BrClN2O5. The third-order valence-corrected chi connectivity index (χ3v) is 4.62. The number of furan rings is 1. The van der Waals surface area contributed by atoms with Gasteiger partial charge in [0.25, 0.3) is 11.8 Å². The van der Waals surface area contributed by atoms with Gasteiger partial charge in [0.15, 0.2) is 10.4 Å². The van der Waals surface area contributed by atoms with Gasteiger partial charge in [-0.2, -0.15) is 0 Å². The van der Waals surface area contributed by atoms with E-state index in [4.69, 9.17) is 25.5 Å². The van der Waals surface area contributed by atoms with Gasteiger partial charge in [0, 0.05) is 17.3 Å². The molecule has 3 rings (SSSR count). The van der Waals surface area contributed by atoms with Crippen molar-refractivity contribution in [3.63, 3.8) is 0 Å². The molecule has 1 heterocycles. The normalized spacial score (nSPS) is 10.3. The number of rotatable bonds is 6. The van der Waals surface area contributed by atoms with E-state index in [0.717, 1.165) is 0 Å². The summed E-state index contributed by atoms with van der Waals surface area (Å²) in [6.07, 6.45) is 0. The highest BCUT2D eigenvalue weighted by Gasteiger charge is 2.15. The molecule has 2 amide bonds. The van der Waals surface area contributed by atoms with Gasteiger partial charge in [0.1, 0.15) is 11.5 Å². The third-order valence-electron chi connectivity index (χ3n) is 3.90. The fourth-order valence-corrected chi connectivity index (χ4v) is 3.07. The Balaban J connectivity index is 1.78. The maximum Gasteiger partial charge on any atom is 0.291 e. The summed E-state index contributed by atoms with van der Waals surface area (Å²) < 4.78 is 16.1. The second-order valence-electron chi connectivity index (χ2n) is 5.78. The van der Waals surface area contributed by atoms with Crippen molar-refractivity contribution in [3.8, 4) is 11.5 Å². The minimum absolute atomic E-state index is 0.143. The fraction of sp³-hybridized carbons (Fsp3) is 0.100. The summed E-state index contributed by atoms with van der Waals surface area (Å²) in [7, 11) is 2.96. The van der Waals surface area contributed by atoms with Crippen LogP contribution >= 0.6 is 27.5 Å². The SMILES string of the molecule is COc1cc(OC)c(NC(=O)c2cccc(NC(=O)c3ccc(Br)o3)c2)cc1Cl. The third kappa shape index (κ3) is 4.90. The van der Waals surface area contributed by atoms with Gasteiger partial charge in [-0.3, -0.25) is 9.59 Å². The number of carbonyl (C=O) groups is 2. The predicted molar refractivity (Wildman–Crippen MR) is 113 cm³/mol. The molecule has 0 saturated heterocycles. The van der Waals surface area contributed by atoms with Crippen LogP contribution in [0.3, 0.4) is 0 Å². The van der Waals surface area contributed by atoms with Crippen molar-refractivity contribution >= 4 is 50.7 Å². The van der Waals surface area contributed by atoms with Crippen LogP contribution in [0.4, 0.5) is 11.4 Å². The average Bonchev–Trinajstić information content (AvgIpc) is 3.15. The molecule has 0 radical (unpaired) electrons. The summed E-state index contributed by atoms with van der Waals surface area (Å²) in [5, 5.41) is 5.75. The summed E-state index contributed by atoms with van der Waals surface area (Å²) in [5.74, 6) is 0.130. The lowest BCUT2D eigenvalue weighted by molar-refractivity contribution is 0.0992. The standard InChI is InChI=1S/C20H16BrClN2O5/c1-27-16-10-17(28-2)14(9-13(16)22)24-19(25)11-4-3-5-12(8-11)23-20(26)15-6-7-18(21)29-15/h3-10H,1-2H3,(H,23,26)(H,24,25). The molecule has 2 aromatic carbocycles. The highest BCUT2D eigenvalue weighted by Crippen LogP contribution is 2.36.